The maximum absolute atomic E-state index is 13.4. The zero-order valence-corrected chi connectivity index (χ0v) is 23.8. The first-order chi connectivity index (χ1) is 21.0. The summed E-state index contributed by atoms with van der Waals surface area (Å²) in [5.74, 6) is -2.32. The lowest BCUT2D eigenvalue weighted by atomic mass is 9.85. The standard InChI is InChI=1S/C32H33NO10/c1-37-30(34)32(31(35)38-2)29-26(33(36)43-32)28(41-20-24-16-10-5-11-17-24)27(40-19-23-14-8-4-9-15-23)25(42-29)21-39-18-22-12-6-3-7-13-22/h3-17,25,27-29H,18-21H2,1-2H3/t25-,27+,28-,29+/m1/s1. The van der Waals surface area contributed by atoms with Crippen LogP contribution < -0.4 is 0 Å². The van der Waals surface area contributed by atoms with Crippen molar-refractivity contribution in [2.24, 2.45) is 0 Å². The Morgan fingerprint density at radius 1 is 0.767 bits per heavy atom. The summed E-state index contributed by atoms with van der Waals surface area (Å²) in [7, 11) is 2.14. The van der Waals surface area contributed by atoms with E-state index < -0.39 is 42.0 Å². The molecule has 0 unspecified atom stereocenters. The molecule has 3 aromatic carbocycles. The monoisotopic (exact) mass is 591 g/mol. The zero-order valence-electron chi connectivity index (χ0n) is 23.8. The Kier molecular flexibility index (Phi) is 9.68. The lowest BCUT2D eigenvalue weighted by molar-refractivity contribution is -0.745. The number of esters is 2. The van der Waals surface area contributed by atoms with Gasteiger partial charge in [0.25, 0.3) is 5.71 Å². The fraction of sp³-hybridized carbons (Fsp3) is 0.344. The van der Waals surface area contributed by atoms with Gasteiger partial charge >= 0.3 is 17.5 Å². The molecule has 11 nitrogen and oxygen atoms in total. The summed E-state index contributed by atoms with van der Waals surface area (Å²) >= 11 is 0. The van der Waals surface area contributed by atoms with Crippen molar-refractivity contribution >= 4 is 17.7 Å². The predicted molar refractivity (Wildman–Crippen MR) is 151 cm³/mol. The molecule has 2 heterocycles. The minimum Gasteiger partial charge on any atom is -0.467 e. The van der Waals surface area contributed by atoms with E-state index in [1.807, 2.05) is 91.0 Å². The van der Waals surface area contributed by atoms with Gasteiger partial charge in [0.1, 0.15) is 12.2 Å². The Bertz CT molecular complexity index is 1380. The van der Waals surface area contributed by atoms with Crippen LogP contribution in [0.5, 0.6) is 0 Å². The quantitative estimate of drug-likeness (QED) is 0.176. The molecule has 0 spiro atoms. The van der Waals surface area contributed by atoms with E-state index in [2.05, 4.69) is 0 Å². The van der Waals surface area contributed by atoms with Gasteiger partial charge in [0.05, 0.1) is 40.6 Å². The third-order valence-electron chi connectivity index (χ3n) is 7.27. The Hall–Kier alpha value is -4.29. The number of hydrogen-bond acceptors (Lipinski definition) is 10. The minimum absolute atomic E-state index is 0.0272. The average molecular weight is 592 g/mol. The molecule has 0 N–H and O–H groups in total. The maximum Gasteiger partial charge on any atom is 0.343 e. The fourth-order valence-electron chi connectivity index (χ4n) is 5.15. The van der Waals surface area contributed by atoms with E-state index in [0.29, 0.717) is 0 Å². The average Bonchev–Trinajstić information content (AvgIpc) is 3.36. The second-order valence-corrected chi connectivity index (χ2v) is 10.0. The molecule has 11 heteroatoms. The molecule has 2 aliphatic rings. The number of nitrogens with zero attached hydrogens (tertiary/aromatic N) is 1. The van der Waals surface area contributed by atoms with E-state index in [1.165, 1.54) is 0 Å². The summed E-state index contributed by atoms with van der Waals surface area (Å²) in [5.41, 5.74) is -0.0904. The summed E-state index contributed by atoms with van der Waals surface area (Å²) in [5, 5.41) is 13.4. The first-order valence-corrected chi connectivity index (χ1v) is 13.8. The zero-order chi connectivity index (χ0) is 30.2. The van der Waals surface area contributed by atoms with Gasteiger partial charge in [-0.2, -0.15) is 0 Å². The van der Waals surface area contributed by atoms with Crippen molar-refractivity contribution in [2.75, 3.05) is 20.8 Å². The van der Waals surface area contributed by atoms with Gasteiger partial charge in [0, 0.05) is 4.90 Å². The molecule has 1 fully saturated rings. The second-order valence-electron chi connectivity index (χ2n) is 10.0. The normalized spacial score (nSPS) is 22.4. The van der Waals surface area contributed by atoms with Gasteiger partial charge < -0.3 is 33.3 Å². The van der Waals surface area contributed by atoms with E-state index in [-0.39, 0.29) is 37.0 Å². The first kappa shape index (κ1) is 30.2. The van der Waals surface area contributed by atoms with E-state index in [0.717, 1.165) is 30.9 Å². The van der Waals surface area contributed by atoms with Crippen LogP contribution in [0, 0.1) is 5.21 Å². The molecule has 226 valence electrons. The fourth-order valence-corrected chi connectivity index (χ4v) is 5.15. The van der Waals surface area contributed by atoms with Crippen molar-refractivity contribution in [1.29, 1.82) is 0 Å². The number of carbonyl (C=O) groups is 2. The molecule has 0 radical (unpaired) electrons. The lowest BCUT2D eigenvalue weighted by Gasteiger charge is -2.40. The van der Waals surface area contributed by atoms with Crippen molar-refractivity contribution in [3.05, 3.63) is 113 Å². The molecule has 0 aliphatic carbocycles. The van der Waals surface area contributed by atoms with Crippen molar-refractivity contribution in [1.82, 2.24) is 0 Å². The smallest absolute Gasteiger partial charge is 0.343 e. The van der Waals surface area contributed by atoms with Crippen LogP contribution in [0.2, 0.25) is 0 Å². The second kappa shape index (κ2) is 13.8. The van der Waals surface area contributed by atoms with Crippen LogP contribution in [0.1, 0.15) is 16.7 Å². The maximum atomic E-state index is 13.4. The summed E-state index contributed by atoms with van der Waals surface area (Å²) in [6.45, 7) is 0.473. The van der Waals surface area contributed by atoms with Crippen molar-refractivity contribution in [3.8, 4) is 0 Å². The Balaban J connectivity index is 1.51. The Morgan fingerprint density at radius 3 is 1.77 bits per heavy atom. The molecule has 0 aromatic heterocycles. The lowest BCUT2D eigenvalue weighted by Crippen LogP contribution is -2.66. The van der Waals surface area contributed by atoms with E-state index in [4.69, 9.17) is 33.3 Å². The molecule has 5 rings (SSSR count). The largest absolute Gasteiger partial charge is 0.467 e. The SMILES string of the molecule is COC(=O)C1(C(=O)OC)O[N+]([O-])=C2[C@@H](OCc3ccccc3)[C@@H](OCc3ccccc3)[C@@H](COCc3ccccc3)O[C@@H]21. The van der Waals surface area contributed by atoms with Crippen molar-refractivity contribution in [3.63, 3.8) is 0 Å². The van der Waals surface area contributed by atoms with Gasteiger partial charge in [-0.15, -0.1) is 0 Å². The van der Waals surface area contributed by atoms with Gasteiger partial charge in [-0.3, -0.25) is 5.21 Å². The van der Waals surface area contributed by atoms with Crippen molar-refractivity contribution < 1.29 is 47.7 Å². The number of fused-ring (bicyclic) bond motifs is 1. The van der Waals surface area contributed by atoms with E-state index in [1.54, 1.807) is 0 Å². The molecule has 0 saturated carbocycles. The highest BCUT2D eigenvalue weighted by atomic mass is 16.9. The molecule has 2 aliphatic heterocycles. The van der Waals surface area contributed by atoms with Crippen LogP contribution in [0.4, 0.5) is 0 Å². The molecule has 43 heavy (non-hydrogen) atoms. The number of benzene rings is 3. The van der Waals surface area contributed by atoms with Gasteiger partial charge in [-0.1, -0.05) is 91.0 Å². The van der Waals surface area contributed by atoms with E-state index in [9.17, 15) is 14.8 Å². The topological polar surface area (TPSA) is 125 Å². The highest BCUT2D eigenvalue weighted by Gasteiger charge is 2.70. The predicted octanol–water partition coefficient (Wildman–Crippen LogP) is 3.12. The highest BCUT2D eigenvalue weighted by Crippen LogP contribution is 2.38. The molecular formula is C32H33NO10. The van der Waals surface area contributed by atoms with Crippen LogP contribution in [0.3, 0.4) is 0 Å². The minimum atomic E-state index is -2.56. The third-order valence-corrected chi connectivity index (χ3v) is 7.27. The Morgan fingerprint density at radius 2 is 1.26 bits per heavy atom. The number of hydrogen-bond donors (Lipinski definition) is 0. The van der Waals surface area contributed by atoms with Crippen LogP contribution in [-0.4, -0.2) is 73.4 Å². The number of ether oxygens (including phenoxy) is 6. The molecule has 1 saturated heterocycles. The number of rotatable bonds is 12. The number of methoxy groups -OCH3 is 2. The van der Waals surface area contributed by atoms with Gasteiger partial charge in [-0.25, -0.2) is 9.59 Å². The molecule has 0 amide bonds. The van der Waals surface area contributed by atoms with Gasteiger partial charge in [-0.05, 0) is 16.7 Å². The van der Waals surface area contributed by atoms with Gasteiger partial charge in [0.2, 0.25) is 0 Å². The third kappa shape index (κ3) is 6.40. The molecule has 4 atom stereocenters. The Labute approximate surface area is 249 Å². The van der Waals surface area contributed by atoms with Crippen LogP contribution in [0.25, 0.3) is 0 Å². The van der Waals surface area contributed by atoms with Gasteiger partial charge in [0.15, 0.2) is 12.2 Å². The molecular weight excluding hydrogens is 558 g/mol. The summed E-state index contributed by atoms with van der Waals surface area (Å²) in [6, 6.07) is 28.3. The summed E-state index contributed by atoms with van der Waals surface area (Å²) in [4.78, 5) is 31.7. The summed E-state index contributed by atoms with van der Waals surface area (Å²) in [6.07, 6.45) is -4.47. The van der Waals surface area contributed by atoms with Crippen LogP contribution in [0.15, 0.2) is 91.0 Å². The summed E-state index contributed by atoms with van der Waals surface area (Å²) < 4.78 is 34.9. The van der Waals surface area contributed by atoms with Crippen LogP contribution in [-0.2, 0) is 62.7 Å². The molecule has 0 bridgehead atoms. The van der Waals surface area contributed by atoms with Crippen molar-refractivity contribution in [2.45, 2.75) is 49.8 Å². The molecule has 3 aromatic rings. The van der Waals surface area contributed by atoms with E-state index >= 15 is 0 Å². The number of carbonyl (C=O) groups excluding carboxylic acids is 2. The highest BCUT2D eigenvalue weighted by molar-refractivity contribution is 6.11. The van der Waals surface area contributed by atoms with Crippen LogP contribution >= 0.6 is 0 Å². The first-order valence-electron chi connectivity index (χ1n) is 13.8.